The molecule has 1 aromatic heterocycles. The van der Waals surface area contributed by atoms with Gasteiger partial charge in [-0.15, -0.1) is 11.3 Å². The van der Waals surface area contributed by atoms with Gasteiger partial charge in [0.2, 0.25) is 0 Å². The fourth-order valence-corrected chi connectivity index (χ4v) is 1.36. The number of nitrogens with zero attached hydrogens (tertiary/aromatic N) is 1. The Kier molecular flexibility index (Phi) is 2.99. The molecule has 0 aliphatic heterocycles. The van der Waals surface area contributed by atoms with Gasteiger partial charge < -0.3 is 4.74 Å². The minimum Gasteiger partial charge on any atom is -0.466 e. The van der Waals surface area contributed by atoms with E-state index in [-0.39, 0.29) is 5.97 Å². The molecule has 0 unspecified atom stereocenters. The lowest BCUT2D eigenvalue weighted by Crippen LogP contribution is -1.92. The molecule has 0 fully saturated rings. The third-order valence-corrected chi connectivity index (χ3v) is 2.10. The van der Waals surface area contributed by atoms with Gasteiger partial charge in [0.25, 0.3) is 0 Å². The van der Waals surface area contributed by atoms with Gasteiger partial charge in [0, 0.05) is 17.2 Å². The average Bonchev–Trinajstić information content (AvgIpc) is 2.47. The molecule has 0 saturated carbocycles. The van der Waals surface area contributed by atoms with Gasteiger partial charge in [-0.25, -0.2) is 9.78 Å². The molecule has 0 spiro atoms. The molecule has 64 valence electrons. The van der Waals surface area contributed by atoms with Crippen molar-refractivity contribution in [2.75, 3.05) is 7.11 Å². The molecule has 0 N–H and O–H groups in total. The normalized spacial score (nSPS) is 10.5. The van der Waals surface area contributed by atoms with Crippen LogP contribution in [0.5, 0.6) is 0 Å². The topological polar surface area (TPSA) is 39.2 Å². The number of hydrogen-bond donors (Lipinski definition) is 0. The molecule has 1 aromatic rings. The lowest BCUT2D eigenvalue weighted by Gasteiger charge is -1.87. The predicted octanol–water partition coefficient (Wildman–Crippen LogP) is 1.64. The van der Waals surface area contributed by atoms with Crippen molar-refractivity contribution >= 4 is 23.4 Å². The van der Waals surface area contributed by atoms with Crippen molar-refractivity contribution in [2.24, 2.45) is 0 Å². The zero-order valence-corrected chi connectivity index (χ0v) is 7.72. The zero-order valence-electron chi connectivity index (χ0n) is 6.90. The molecule has 0 aliphatic rings. The van der Waals surface area contributed by atoms with E-state index in [1.165, 1.54) is 24.5 Å². The van der Waals surface area contributed by atoms with Crippen molar-refractivity contribution < 1.29 is 9.53 Å². The molecule has 0 saturated heterocycles. The second-order valence-corrected chi connectivity index (χ2v) is 3.40. The van der Waals surface area contributed by atoms with Gasteiger partial charge in [-0.05, 0) is 13.0 Å². The summed E-state index contributed by atoms with van der Waals surface area (Å²) in [5.41, 5.74) is 0. The highest BCUT2D eigenvalue weighted by Crippen LogP contribution is 2.12. The van der Waals surface area contributed by atoms with E-state index in [1.54, 1.807) is 12.3 Å². The Hall–Kier alpha value is -1.16. The summed E-state index contributed by atoms with van der Waals surface area (Å²) in [5, 5.41) is 0.986. The number of rotatable bonds is 2. The van der Waals surface area contributed by atoms with Gasteiger partial charge >= 0.3 is 5.97 Å². The summed E-state index contributed by atoms with van der Waals surface area (Å²) in [7, 11) is 1.35. The minimum atomic E-state index is -0.346. The Balaban J connectivity index is 2.63. The van der Waals surface area contributed by atoms with E-state index in [0.29, 0.717) is 0 Å². The number of esters is 1. The van der Waals surface area contributed by atoms with Crippen LogP contribution in [0.4, 0.5) is 0 Å². The van der Waals surface area contributed by atoms with Crippen LogP contribution in [0.1, 0.15) is 9.88 Å². The fourth-order valence-electron chi connectivity index (χ4n) is 0.673. The number of ether oxygens (including phenoxy) is 1. The second-order valence-electron chi connectivity index (χ2n) is 2.14. The third-order valence-electron chi connectivity index (χ3n) is 1.22. The average molecular weight is 183 g/mol. The van der Waals surface area contributed by atoms with Crippen LogP contribution in [-0.4, -0.2) is 18.1 Å². The highest BCUT2D eigenvalue weighted by Gasteiger charge is 1.94. The number of hydrogen-bond acceptors (Lipinski definition) is 4. The molecule has 1 rings (SSSR count). The van der Waals surface area contributed by atoms with E-state index in [1.807, 2.05) is 6.92 Å². The third kappa shape index (κ3) is 2.47. The molecule has 0 atom stereocenters. The van der Waals surface area contributed by atoms with E-state index in [0.717, 1.165) is 9.88 Å². The molecule has 0 aromatic carbocycles. The van der Waals surface area contributed by atoms with Crippen LogP contribution in [0.2, 0.25) is 0 Å². The smallest absolute Gasteiger partial charge is 0.330 e. The molecule has 3 nitrogen and oxygen atoms in total. The summed E-state index contributed by atoms with van der Waals surface area (Å²) < 4.78 is 4.44. The van der Waals surface area contributed by atoms with Gasteiger partial charge in [0.05, 0.1) is 12.1 Å². The van der Waals surface area contributed by atoms with E-state index in [9.17, 15) is 4.79 Å². The Bertz CT molecular complexity index is 304. The first-order chi connectivity index (χ1) is 5.72. The largest absolute Gasteiger partial charge is 0.466 e. The lowest BCUT2D eigenvalue weighted by molar-refractivity contribution is -0.134. The van der Waals surface area contributed by atoms with E-state index < -0.39 is 0 Å². The molecule has 4 heteroatoms. The van der Waals surface area contributed by atoms with E-state index >= 15 is 0 Å². The summed E-state index contributed by atoms with van der Waals surface area (Å²) in [5.74, 6) is -0.346. The number of thiazole rings is 1. The summed E-state index contributed by atoms with van der Waals surface area (Å²) in [6.07, 6.45) is 4.79. The summed E-state index contributed by atoms with van der Waals surface area (Å²) in [6.45, 7) is 1.92. The van der Waals surface area contributed by atoms with Crippen LogP contribution in [0.3, 0.4) is 0 Å². The second kappa shape index (κ2) is 4.01. The van der Waals surface area contributed by atoms with Crippen molar-refractivity contribution in [3.8, 4) is 0 Å². The molecule has 0 radical (unpaired) electrons. The first kappa shape index (κ1) is 8.93. The SMILES string of the molecule is COC(=O)/C=C/c1cnc(C)s1. The molecule has 12 heavy (non-hydrogen) atoms. The van der Waals surface area contributed by atoms with Gasteiger partial charge in [0.15, 0.2) is 0 Å². The molecule has 0 amide bonds. The lowest BCUT2D eigenvalue weighted by atomic mass is 10.4. The van der Waals surface area contributed by atoms with Crippen LogP contribution in [0.25, 0.3) is 6.08 Å². The first-order valence-electron chi connectivity index (χ1n) is 3.41. The number of carbonyl (C=O) groups is 1. The Morgan fingerprint density at radius 1 is 1.75 bits per heavy atom. The van der Waals surface area contributed by atoms with Gasteiger partial charge in [0.1, 0.15) is 0 Å². The summed E-state index contributed by atoms with van der Waals surface area (Å²) >= 11 is 1.53. The monoisotopic (exact) mass is 183 g/mol. The predicted molar refractivity (Wildman–Crippen MR) is 47.9 cm³/mol. The molecular formula is C8H9NO2S. The summed E-state index contributed by atoms with van der Waals surface area (Å²) in [6, 6.07) is 0. The van der Waals surface area contributed by atoms with Crippen molar-refractivity contribution in [2.45, 2.75) is 6.92 Å². The molecule has 1 heterocycles. The Morgan fingerprint density at radius 2 is 2.50 bits per heavy atom. The van der Waals surface area contributed by atoms with Crippen molar-refractivity contribution in [3.05, 3.63) is 22.2 Å². The number of aryl methyl sites for hydroxylation is 1. The Morgan fingerprint density at radius 3 is 3.00 bits per heavy atom. The Labute approximate surface area is 74.7 Å². The number of carbonyl (C=O) groups excluding carboxylic acids is 1. The van der Waals surface area contributed by atoms with Gasteiger partial charge in [-0.3, -0.25) is 0 Å². The quantitative estimate of drug-likeness (QED) is 0.517. The standard InChI is InChI=1S/C8H9NO2S/c1-6-9-5-7(12-6)3-4-8(10)11-2/h3-5H,1-2H3/b4-3+. The van der Waals surface area contributed by atoms with Gasteiger partial charge in [-0.1, -0.05) is 0 Å². The molecular weight excluding hydrogens is 174 g/mol. The number of aromatic nitrogens is 1. The van der Waals surface area contributed by atoms with Crippen LogP contribution in [0, 0.1) is 6.92 Å². The van der Waals surface area contributed by atoms with Crippen molar-refractivity contribution in [1.82, 2.24) is 4.98 Å². The van der Waals surface area contributed by atoms with Crippen LogP contribution < -0.4 is 0 Å². The first-order valence-corrected chi connectivity index (χ1v) is 4.22. The summed E-state index contributed by atoms with van der Waals surface area (Å²) in [4.78, 5) is 15.7. The van der Waals surface area contributed by atoms with Crippen molar-refractivity contribution in [3.63, 3.8) is 0 Å². The van der Waals surface area contributed by atoms with E-state index in [2.05, 4.69) is 9.72 Å². The zero-order chi connectivity index (χ0) is 8.97. The van der Waals surface area contributed by atoms with Crippen LogP contribution in [0.15, 0.2) is 12.3 Å². The van der Waals surface area contributed by atoms with Crippen LogP contribution in [-0.2, 0) is 9.53 Å². The number of methoxy groups -OCH3 is 1. The maximum atomic E-state index is 10.7. The van der Waals surface area contributed by atoms with Crippen molar-refractivity contribution in [1.29, 1.82) is 0 Å². The fraction of sp³-hybridized carbons (Fsp3) is 0.250. The van der Waals surface area contributed by atoms with Gasteiger partial charge in [-0.2, -0.15) is 0 Å². The van der Waals surface area contributed by atoms with Crippen LogP contribution >= 0.6 is 11.3 Å². The molecule has 0 aliphatic carbocycles. The highest BCUT2D eigenvalue weighted by molar-refractivity contribution is 7.12. The maximum Gasteiger partial charge on any atom is 0.330 e. The molecule has 0 bridgehead atoms. The minimum absolute atomic E-state index is 0.346. The highest BCUT2D eigenvalue weighted by atomic mass is 32.1. The maximum absolute atomic E-state index is 10.7. The van der Waals surface area contributed by atoms with E-state index in [4.69, 9.17) is 0 Å².